The van der Waals surface area contributed by atoms with Crippen LogP contribution in [0.1, 0.15) is 25.1 Å². The molecule has 0 aliphatic carbocycles. The number of nitrogens with one attached hydrogen (secondary N) is 1. The van der Waals surface area contributed by atoms with E-state index in [1.54, 1.807) is 0 Å². The fourth-order valence-corrected chi connectivity index (χ4v) is 1.15. The van der Waals surface area contributed by atoms with Crippen LogP contribution in [-0.2, 0) is 11.2 Å². The van der Waals surface area contributed by atoms with Gasteiger partial charge in [-0.3, -0.25) is 0 Å². The van der Waals surface area contributed by atoms with Crippen molar-refractivity contribution in [2.24, 2.45) is 0 Å². The van der Waals surface area contributed by atoms with Gasteiger partial charge in [0.15, 0.2) is 5.82 Å². The zero-order valence-corrected chi connectivity index (χ0v) is 9.45. The molecule has 0 bridgehead atoms. The highest BCUT2D eigenvalue weighted by molar-refractivity contribution is 4.83. The highest BCUT2D eigenvalue weighted by Crippen LogP contribution is 1.95. The second-order valence-electron chi connectivity index (χ2n) is 3.35. The number of aromatic nitrogens is 2. The molecule has 0 aliphatic rings. The van der Waals surface area contributed by atoms with Gasteiger partial charge >= 0.3 is 0 Å². The molecule has 15 heavy (non-hydrogen) atoms. The van der Waals surface area contributed by atoms with Crippen molar-refractivity contribution in [3.05, 3.63) is 11.7 Å². The lowest BCUT2D eigenvalue weighted by Crippen LogP contribution is -2.22. The van der Waals surface area contributed by atoms with Gasteiger partial charge in [-0.2, -0.15) is 4.98 Å². The van der Waals surface area contributed by atoms with Gasteiger partial charge in [0.05, 0.1) is 6.61 Å². The van der Waals surface area contributed by atoms with Gasteiger partial charge in [0.25, 0.3) is 0 Å². The van der Waals surface area contributed by atoms with Gasteiger partial charge in [-0.05, 0) is 13.3 Å². The topological polar surface area (TPSA) is 60.2 Å². The summed E-state index contributed by atoms with van der Waals surface area (Å²) in [7, 11) is 0. The van der Waals surface area contributed by atoms with Gasteiger partial charge in [-0.15, -0.1) is 0 Å². The lowest BCUT2D eigenvalue weighted by atomic mass is 10.4. The Morgan fingerprint density at radius 1 is 1.33 bits per heavy atom. The van der Waals surface area contributed by atoms with Crippen molar-refractivity contribution in [2.75, 3.05) is 26.3 Å². The highest BCUT2D eigenvalue weighted by atomic mass is 16.5. The minimum atomic E-state index is 0.689. The van der Waals surface area contributed by atoms with E-state index < -0.39 is 0 Å². The molecule has 0 atom stereocenters. The van der Waals surface area contributed by atoms with Crippen molar-refractivity contribution in [3.8, 4) is 0 Å². The summed E-state index contributed by atoms with van der Waals surface area (Å²) in [6.45, 7) is 7.23. The molecule has 0 radical (unpaired) electrons. The smallest absolute Gasteiger partial charge is 0.227 e. The molecule has 1 aromatic rings. The molecule has 0 fully saturated rings. The van der Waals surface area contributed by atoms with Crippen molar-refractivity contribution >= 4 is 0 Å². The zero-order chi connectivity index (χ0) is 10.9. The third-order valence-electron chi connectivity index (χ3n) is 1.86. The molecular weight excluding hydrogens is 194 g/mol. The van der Waals surface area contributed by atoms with Crippen LogP contribution in [0.3, 0.4) is 0 Å². The van der Waals surface area contributed by atoms with E-state index in [0.717, 1.165) is 39.1 Å². The van der Waals surface area contributed by atoms with Crippen LogP contribution in [0.4, 0.5) is 0 Å². The molecule has 86 valence electrons. The van der Waals surface area contributed by atoms with E-state index in [1.807, 2.05) is 6.92 Å². The van der Waals surface area contributed by atoms with Crippen LogP contribution in [0, 0.1) is 6.92 Å². The summed E-state index contributed by atoms with van der Waals surface area (Å²) < 4.78 is 10.3. The molecule has 0 aliphatic heterocycles. The van der Waals surface area contributed by atoms with E-state index in [9.17, 15) is 0 Å². The first-order valence-corrected chi connectivity index (χ1v) is 5.40. The standard InChI is InChI=1S/C10H19N3O2/c1-3-7-14-8-6-11-5-4-10-12-9(2)13-15-10/h11H,3-8H2,1-2H3. The largest absolute Gasteiger partial charge is 0.380 e. The average molecular weight is 213 g/mol. The summed E-state index contributed by atoms with van der Waals surface area (Å²) in [4.78, 5) is 4.11. The first-order valence-electron chi connectivity index (χ1n) is 5.40. The van der Waals surface area contributed by atoms with E-state index in [0.29, 0.717) is 11.7 Å². The molecule has 0 saturated heterocycles. The monoisotopic (exact) mass is 213 g/mol. The van der Waals surface area contributed by atoms with Crippen LogP contribution >= 0.6 is 0 Å². The van der Waals surface area contributed by atoms with E-state index >= 15 is 0 Å². The lowest BCUT2D eigenvalue weighted by Gasteiger charge is -2.03. The molecule has 1 N–H and O–H groups in total. The third kappa shape index (κ3) is 5.49. The Labute approximate surface area is 90.2 Å². The van der Waals surface area contributed by atoms with Gasteiger partial charge in [0.1, 0.15) is 0 Å². The van der Waals surface area contributed by atoms with Gasteiger partial charge in [0, 0.05) is 26.1 Å². The molecule has 5 nitrogen and oxygen atoms in total. The molecule has 0 amide bonds. The minimum absolute atomic E-state index is 0.689. The number of hydrogen-bond donors (Lipinski definition) is 1. The molecule has 0 spiro atoms. The van der Waals surface area contributed by atoms with Crippen LogP contribution in [0.15, 0.2) is 4.52 Å². The predicted octanol–water partition coefficient (Wildman–Crippen LogP) is 0.937. The van der Waals surface area contributed by atoms with Crippen LogP contribution in [0.2, 0.25) is 0 Å². The summed E-state index contributed by atoms with van der Waals surface area (Å²) in [5.41, 5.74) is 0. The first-order chi connectivity index (χ1) is 7.33. The maximum Gasteiger partial charge on any atom is 0.227 e. The Morgan fingerprint density at radius 3 is 2.87 bits per heavy atom. The number of rotatable bonds is 8. The Balaban J connectivity index is 1.93. The minimum Gasteiger partial charge on any atom is -0.380 e. The molecule has 0 aromatic carbocycles. The normalized spacial score (nSPS) is 10.8. The van der Waals surface area contributed by atoms with Crippen molar-refractivity contribution in [2.45, 2.75) is 26.7 Å². The van der Waals surface area contributed by atoms with E-state index in [4.69, 9.17) is 9.26 Å². The van der Waals surface area contributed by atoms with Gasteiger partial charge < -0.3 is 14.6 Å². The fourth-order valence-electron chi connectivity index (χ4n) is 1.15. The summed E-state index contributed by atoms with van der Waals surface area (Å²) in [6.07, 6.45) is 1.84. The van der Waals surface area contributed by atoms with Crippen molar-refractivity contribution in [3.63, 3.8) is 0 Å². The van der Waals surface area contributed by atoms with Gasteiger partial charge in [-0.25, -0.2) is 0 Å². The maximum absolute atomic E-state index is 5.33. The SMILES string of the molecule is CCCOCCNCCc1nc(C)no1. The third-order valence-corrected chi connectivity index (χ3v) is 1.86. The second-order valence-corrected chi connectivity index (χ2v) is 3.35. The number of nitrogens with zero attached hydrogens (tertiary/aromatic N) is 2. The zero-order valence-electron chi connectivity index (χ0n) is 9.45. The maximum atomic E-state index is 5.33. The molecule has 1 aromatic heterocycles. The van der Waals surface area contributed by atoms with E-state index in [-0.39, 0.29) is 0 Å². The molecule has 5 heteroatoms. The van der Waals surface area contributed by atoms with Crippen LogP contribution < -0.4 is 5.32 Å². The van der Waals surface area contributed by atoms with Gasteiger partial charge in [0.2, 0.25) is 5.89 Å². The van der Waals surface area contributed by atoms with E-state index in [1.165, 1.54) is 0 Å². The number of hydrogen-bond acceptors (Lipinski definition) is 5. The average Bonchev–Trinajstić information content (AvgIpc) is 2.63. The van der Waals surface area contributed by atoms with Crippen molar-refractivity contribution in [1.82, 2.24) is 15.5 Å². The lowest BCUT2D eigenvalue weighted by molar-refractivity contribution is 0.136. The van der Waals surface area contributed by atoms with Crippen LogP contribution in [0.25, 0.3) is 0 Å². The summed E-state index contributed by atoms with van der Waals surface area (Å²) in [5.74, 6) is 1.38. The predicted molar refractivity (Wildman–Crippen MR) is 56.7 cm³/mol. The van der Waals surface area contributed by atoms with Crippen LogP contribution in [-0.4, -0.2) is 36.4 Å². The number of aryl methyl sites for hydroxylation is 1. The fraction of sp³-hybridized carbons (Fsp3) is 0.800. The Morgan fingerprint density at radius 2 is 2.20 bits per heavy atom. The highest BCUT2D eigenvalue weighted by Gasteiger charge is 2.00. The quantitative estimate of drug-likeness (QED) is 0.651. The van der Waals surface area contributed by atoms with Crippen molar-refractivity contribution < 1.29 is 9.26 Å². The first kappa shape index (κ1) is 12.1. The Hall–Kier alpha value is -0.940. The Kier molecular flexibility index (Phi) is 5.96. The molecule has 1 heterocycles. The Bertz CT molecular complexity index is 263. The van der Waals surface area contributed by atoms with Gasteiger partial charge in [-0.1, -0.05) is 12.1 Å². The molecule has 0 saturated carbocycles. The van der Waals surface area contributed by atoms with Crippen molar-refractivity contribution in [1.29, 1.82) is 0 Å². The summed E-state index contributed by atoms with van der Waals surface area (Å²) in [6, 6.07) is 0. The molecule has 1 rings (SSSR count). The van der Waals surface area contributed by atoms with Crippen LogP contribution in [0.5, 0.6) is 0 Å². The molecular formula is C10H19N3O2. The molecule has 0 unspecified atom stereocenters. The summed E-state index contributed by atoms with van der Waals surface area (Å²) in [5, 5.41) is 6.97. The number of ether oxygens (including phenoxy) is 1. The van der Waals surface area contributed by atoms with E-state index in [2.05, 4.69) is 22.4 Å². The second kappa shape index (κ2) is 7.36. The summed E-state index contributed by atoms with van der Waals surface area (Å²) >= 11 is 0.